The minimum Gasteiger partial charge on any atom is -0.382 e. The maximum Gasteiger partial charge on any atom is 0.122 e. The second-order valence-electron chi connectivity index (χ2n) is 3.62. The van der Waals surface area contributed by atoms with Gasteiger partial charge < -0.3 is 5.11 Å². The molecule has 2 aromatic rings. The van der Waals surface area contributed by atoms with Crippen LogP contribution in [0.3, 0.4) is 0 Å². The van der Waals surface area contributed by atoms with Crippen LogP contribution in [0.5, 0.6) is 0 Å². The van der Waals surface area contributed by atoms with Gasteiger partial charge in [-0.3, -0.25) is 4.68 Å². The number of aliphatic hydroxyl groups is 1. The van der Waals surface area contributed by atoms with Crippen molar-refractivity contribution in [3.8, 4) is 0 Å². The molecule has 0 bridgehead atoms. The summed E-state index contributed by atoms with van der Waals surface area (Å²) in [6.45, 7) is 2.69. The first-order chi connectivity index (χ1) is 8.15. The van der Waals surface area contributed by atoms with Crippen LogP contribution < -0.4 is 0 Å². The first-order valence-corrected chi connectivity index (χ1v) is 6.46. The van der Waals surface area contributed by atoms with Gasteiger partial charge in [-0.25, -0.2) is 0 Å². The van der Waals surface area contributed by atoms with Crippen molar-refractivity contribution in [2.24, 2.45) is 0 Å². The van der Waals surface area contributed by atoms with Gasteiger partial charge in [0.15, 0.2) is 0 Å². The third-order valence-electron chi connectivity index (χ3n) is 2.61. The molecule has 1 aromatic carbocycles. The fourth-order valence-corrected chi connectivity index (χ4v) is 2.34. The van der Waals surface area contributed by atoms with Gasteiger partial charge in [0, 0.05) is 22.8 Å². The topological polar surface area (TPSA) is 38.0 Å². The van der Waals surface area contributed by atoms with E-state index in [9.17, 15) is 5.11 Å². The molecule has 1 heterocycles. The van der Waals surface area contributed by atoms with Crippen molar-refractivity contribution in [1.29, 1.82) is 0 Å². The molecule has 0 radical (unpaired) electrons. The van der Waals surface area contributed by atoms with Crippen LogP contribution >= 0.6 is 27.5 Å². The summed E-state index contributed by atoms with van der Waals surface area (Å²) in [7, 11) is 0. The number of nitrogens with zero attached hydrogens (tertiary/aromatic N) is 2. The number of hydrogen-bond donors (Lipinski definition) is 1. The van der Waals surface area contributed by atoms with Gasteiger partial charge in [-0.05, 0) is 35.0 Å². The van der Waals surface area contributed by atoms with E-state index >= 15 is 0 Å². The van der Waals surface area contributed by atoms with Crippen molar-refractivity contribution in [2.75, 3.05) is 0 Å². The number of aryl methyl sites for hydroxylation is 1. The molecule has 0 saturated carbocycles. The summed E-state index contributed by atoms with van der Waals surface area (Å²) in [6, 6.07) is 7.30. The van der Waals surface area contributed by atoms with E-state index < -0.39 is 6.10 Å². The normalized spacial score (nSPS) is 12.7. The molecule has 2 rings (SSSR count). The molecule has 0 saturated heterocycles. The summed E-state index contributed by atoms with van der Waals surface area (Å²) in [5.74, 6) is 0. The van der Waals surface area contributed by atoms with Crippen molar-refractivity contribution in [1.82, 2.24) is 9.78 Å². The zero-order valence-electron chi connectivity index (χ0n) is 9.27. The molecular formula is C12H12BrClN2O. The third-order valence-corrected chi connectivity index (χ3v) is 3.92. The fourth-order valence-electron chi connectivity index (χ4n) is 1.73. The monoisotopic (exact) mass is 314 g/mol. The molecule has 1 atom stereocenters. The van der Waals surface area contributed by atoms with Crippen molar-refractivity contribution in [3.63, 3.8) is 0 Å². The van der Waals surface area contributed by atoms with Gasteiger partial charge in [0.25, 0.3) is 0 Å². The Hall–Kier alpha value is -0.840. The number of hydrogen-bond acceptors (Lipinski definition) is 2. The third kappa shape index (κ3) is 2.39. The highest BCUT2D eigenvalue weighted by atomic mass is 79.9. The zero-order chi connectivity index (χ0) is 12.4. The Morgan fingerprint density at radius 3 is 2.94 bits per heavy atom. The molecule has 0 aliphatic carbocycles. The zero-order valence-corrected chi connectivity index (χ0v) is 11.6. The van der Waals surface area contributed by atoms with Gasteiger partial charge >= 0.3 is 0 Å². The van der Waals surface area contributed by atoms with Gasteiger partial charge in [-0.15, -0.1) is 0 Å². The molecule has 1 N–H and O–H groups in total. The molecule has 5 heteroatoms. The average Bonchev–Trinajstić information content (AvgIpc) is 2.80. The molecule has 90 valence electrons. The molecule has 0 amide bonds. The lowest BCUT2D eigenvalue weighted by atomic mass is 10.1. The molecule has 1 unspecified atom stereocenters. The molecular weight excluding hydrogens is 304 g/mol. The summed E-state index contributed by atoms with van der Waals surface area (Å²) in [5, 5.41) is 15.0. The number of benzene rings is 1. The Bertz CT molecular complexity index is 527. The van der Waals surface area contributed by atoms with E-state index in [1.54, 1.807) is 16.9 Å². The Morgan fingerprint density at radius 2 is 2.24 bits per heavy atom. The van der Waals surface area contributed by atoms with E-state index in [-0.39, 0.29) is 0 Å². The van der Waals surface area contributed by atoms with E-state index in [0.717, 1.165) is 10.2 Å². The fraction of sp³-hybridized carbons (Fsp3) is 0.250. The SMILES string of the molecule is CCn1nccc1C(O)c1cccc(Br)c1Cl. The van der Waals surface area contributed by atoms with Crippen molar-refractivity contribution in [2.45, 2.75) is 19.6 Å². The molecule has 17 heavy (non-hydrogen) atoms. The molecule has 0 spiro atoms. The predicted octanol–water partition coefficient (Wildman–Crippen LogP) is 3.40. The van der Waals surface area contributed by atoms with Crippen molar-refractivity contribution < 1.29 is 5.11 Å². The quantitative estimate of drug-likeness (QED) is 0.942. The minimum atomic E-state index is -0.762. The van der Waals surface area contributed by atoms with E-state index in [1.807, 2.05) is 25.1 Å². The second-order valence-corrected chi connectivity index (χ2v) is 4.85. The van der Waals surface area contributed by atoms with Gasteiger partial charge in [0.1, 0.15) is 6.10 Å². The van der Waals surface area contributed by atoms with Crippen LogP contribution in [0.4, 0.5) is 0 Å². The number of aliphatic hydroxyl groups excluding tert-OH is 1. The standard InChI is InChI=1S/C12H12BrClN2O/c1-2-16-10(6-7-15-16)12(17)8-4-3-5-9(13)11(8)14/h3-7,12,17H,2H2,1H3. The van der Waals surface area contributed by atoms with Gasteiger partial charge in [-0.1, -0.05) is 23.7 Å². The van der Waals surface area contributed by atoms with Crippen molar-refractivity contribution in [3.05, 3.63) is 51.2 Å². The Kier molecular flexibility index (Phi) is 3.86. The lowest BCUT2D eigenvalue weighted by molar-refractivity contribution is 0.208. The molecule has 0 aliphatic heterocycles. The number of rotatable bonds is 3. The van der Waals surface area contributed by atoms with E-state index in [4.69, 9.17) is 11.6 Å². The smallest absolute Gasteiger partial charge is 0.122 e. The van der Waals surface area contributed by atoms with Crippen LogP contribution in [0, 0.1) is 0 Å². The largest absolute Gasteiger partial charge is 0.382 e. The van der Waals surface area contributed by atoms with E-state index in [0.29, 0.717) is 17.1 Å². The summed E-state index contributed by atoms with van der Waals surface area (Å²) < 4.78 is 2.53. The highest BCUT2D eigenvalue weighted by molar-refractivity contribution is 9.10. The lowest BCUT2D eigenvalue weighted by Crippen LogP contribution is -2.09. The first-order valence-electron chi connectivity index (χ1n) is 5.28. The molecule has 0 aliphatic rings. The first kappa shape index (κ1) is 12.6. The van der Waals surface area contributed by atoms with Gasteiger partial charge in [0.2, 0.25) is 0 Å². The van der Waals surface area contributed by atoms with Gasteiger partial charge in [-0.2, -0.15) is 5.10 Å². The van der Waals surface area contributed by atoms with Crippen LogP contribution in [-0.2, 0) is 6.54 Å². The summed E-state index contributed by atoms with van der Waals surface area (Å²) in [5.41, 5.74) is 1.42. The van der Waals surface area contributed by atoms with E-state index in [2.05, 4.69) is 21.0 Å². The summed E-state index contributed by atoms with van der Waals surface area (Å²) in [6.07, 6.45) is 0.913. The van der Waals surface area contributed by atoms with Crippen LogP contribution in [0.1, 0.15) is 24.3 Å². The van der Waals surface area contributed by atoms with Gasteiger partial charge in [0.05, 0.1) is 10.7 Å². The second kappa shape index (κ2) is 5.21. The number of halogens is 2. The summed E-state index contributed by atoms with van der Waals surface area (Å²) in [4.78, 5) is 0. The average molecular weight is 316 g/mol. The molecule has 1 aromatic heterocycles. The predicted molar refractivity (Wildman–Crippen MR) is 71.1 cm³/mol. The van der Waals surface area contributed by atoms with Crippen LogP contribution in [0.25, 0.3) is 0 Å². The van der Waals surface area contributed by atoms with Crippen LogP contribution in [0.2, 0.25) is 5.02 Å². The highest BCUT2D eigenvalue weighted by Crippen LogP contribution is 2.33. The Morgan fingerprint density at radius 1 is 1.47 bits per heavy atom. The summed E-state index contributed by atoms with van der Waals surface area (Å²) >= 11 is 9.51. The maximum atomic E-state index is 10.3. The molecule has 0 fully saturated rings. The Balaban J connectivity index is 2.44. The minimum absolute atomic E-state index is 0.531. The maximum absolute atomic E-state index is 10.3. The number of aromatic nitrogens is 2. The Labute approximate surface area is 113 Å². The molecule has 3 nitrogen and oxygen atoms in total. The highest BCUT2D eigenvalue weighted by Gasteiger charge is 2.18. The van der Waals surface area contributed by atoms with Crippen LogP contribution in [0.15, 0.2) is 34.9 Å². The lowest BCUT2D eigenvalue weighted by Gasteiger charge is -2.14. The van der Waals surface area contributed by atoms with Crippen LogP contribution in [-0.4, -0.2) is 14.9 Å². The van der Waals surface area contributed by atoms with Crippen molar-refractivity contribution >= 4 is 27.5 Å². The van der Waals surface area contributed by atoms with E-state index in [1.165, 1.54) is 0 Å².